The highest BCUT2D eigenvalue weighted by Gasteiger charge is 2.02. The van der Waals surface area contributed by atoms with Crippen LogP contribution in [-0.4, -0.2) is 30.5 Å². The van der Waals surface area contributed by atoms with Gasteiger partial charge in [0.1, 0.15) is 0 Å². The summed E-state index contributed by atoms with van der Waals surface area (Å²) < 4.78 is 0. The summed E-state index contributed by atoms with van der Waals surface area (Å²) in [5, 5.41) is 3.11. The molecule has 0 unspecified atom stereocenters. The van der Waals surface area contributed by atoms with Gasteiger partial charge in [0.2, 0.25) is 0 Å². The zero-order valence-electron chi connectivity index (χ0n) is 10.5. The van der Waals surface area contributed by atoms with Gasteiger partial charge < -0.3 is 5.32 Å². The Labute approximate surface area is 98.2 Å². The van der Waals surface area contributed by atoms with Crippen LogP contribution in [0.3, 0.4) is 0 Å². The molecule has 1 rings (SSSR count). The molecule has 0 saturated carbocycles. The van der Waals surface area contributed by atoms with Crippen molar-refractivity contribution in [3.05, 3.63) is 41.7 Å². The first-order valence-electron chi connectivity index (χ1n) is 5.54. The van der Waals surface area contributed by atoms with Crippen molar-refractivity contribution in [2.75, 3.05) is 20.6 Å². The molecule has 1 heterocycles. The number of hydrogen-bond acceptors (Lipinski definition) is 3. The minimum atomic E-state index is 0.818. The smallest absolute Gasteiger partial charge is 0.0547 e. The second-order valence-corrected chi connectivity index (χ2v) is 4.28. The van der Waals surface area contributed by atoms with E-state index in [0.29, 0.717) is 0 Å². The Morgan fingerprint density at radius 2 is 2.12 bits per heavy atom. The summed E-state index contributed by atoms with van der Waals surface area (Å²) in [5.41, 5.74) is 3.37. The van der Waals surface area contributed by atoms with Crippen molar-refractivity contribution in [3.63, 3.8) is 0 Å². The zero-order valence-corrected chi connectivity index (χ0v) is 10.5. The van der Waals surface area contributed by atoms with E-state index >= 15 is 0 Å². The van der Waals surface area contributed by atoms with E-state index in [4.69, 9.17) is 0 Å². The summed E-state index contributed by atoms with van der Waals surface area (Å²) >= 11 is 0. The van der Waals surface area contributed by atoms with Gasteiger partial charge in [0.05, 0.1) is 11.4 Å². The molecule has 1 N–H and O–H groups in total. The molecule has 1 aromatic heterocycles. The van der Waals surface area contributed by atoms with Gasteiger partial charge in [-0.05, 0) is 33.2 Å². The first-order chi connectivity index (χ1) is 7.61. The number of rotatable bonds is 6. The molecule has 0 saturated heterocycles. The Balaban J connectivity index is 2.59. The number of aromatic nitrogens is 1. The number of nitrogens with one attached hydrogen (secondary N) is 1. The quantitative estimate of drug-likeness (QED) is 0.740. The lowest BCUT2D eigenvalue weighted by Crippen LogP contribution is -2.20. The van der Waals surface area contributed by atoms with E-state index in [2.05, 4.69) is 41.0 Å². The largest absolute Gasteiger partial charge is 0.314 e. The molecule has 0 atom stereocenters. The van der Waals surface area contributed by atoms with Crippen LogP contribution < -0.4 is 5.32 Å². The van der Waals surface area contributed by atoms with Crippen LogP contribution in [0.4, 0.5) is 0 Å². The van der Waals surface area contributed by atoms with E-state index < -0.39 is 0 Å². The first kappa shape index (κ1) is 12.9. The standard InChI is InChI=1S/C13H21N3/c1-11(2)9-16(4)10-13-7-5-6-12(15-13)8-14-3/h5-7,14H,1,8-10H2,2-4H3. The fourth-order valence-electron chi connectivity index (χ4n) is 1.69. The van der Waals surface area contributed by atoms with Gasteiger partial charge in [0.15, 0.2) is 0 Å². The Kier molecular flexibility index (Phi) is 5.15. The summed E-state index contributed by atoms with van der Waals surface area (Å²) in [6.07, 6.45) is 0. The molecule has 0 spiro atoms. The minimum absolute atomic E-state index is 0.818. The molecule has 0 aromatic carbocycles. The van der Waals surface area contributed by atoms with Crippen molar-refractivity contribution >= 4 is 0 Å². The fourth-order valence-corrected chi connectivity index (χ4v) is 1.69. The predicted molar refractivity (Wildman–Crippen MR) is 68.1 cm³/mol. The normalized spacial score (nSPS) is 10.8. The lowest BCUT2D eigenvalue weighted by molar-refractivity contribution is 0.350. The number of nitrogens with zero attached hydrogens (tertiary/aromatic N) is 2. The second-order valence-electron chi connectivity index (χ2n) is 4.28. The molecule has 1 aromatic rings. The van der Waals surface area contributed by atoms with Crippen molar-refractivity contribution in [1.82, 2.24) is 15.2 Å². The highest BCUT2D eigenvalue weighted by Crippen LogP contribution is 2.04. The minimum Gasteiger partial charge on any atom is -0.314 e. The van der Waals surface area contributed by atoms with Crippen molar-refractivity contribution < 1.29 is 0 Å². The Bertz CT molecular complexity index is 347. The third-order valence-corrected chi connectivity index (χ3v) is 2.19. The maximum Gasteiger partial charge on any atom is 0.0547 e. The van der Waals surface area contributed by atoms with Gasteiger partial charge in [0.25, 0.3) is 0 Å². The van der Waals surface area contributed by atoms with Crippen molar-refractivity contribution in [1.29, 1.82) is 0 Å². The van der Waals surface area contributed by atoms with Crippen LogP contribution in [0.25, 0.3) is 0 Å². The Morgan fingerprint density at radius 1 is 1.44 bits per heavy atom. The van der Waals surface area contributed by atoms with E-state index in [-0.39, 0.29) is 0 Å². The number of pyridine rings is 1. The fraction of sp³-hybridized carbons (Fsp3) is 0.462. The van der Waals surface area contributed by atoms with Gasteiger partial charge in [-0.2, -0.15) is 0 Å². The SMILES string of the molecule is C=C(C)CN(C)Cc1cccc(CNC)n1. The van der Waals surface area contributed by atoms with Crippen LogP contribution in [-0.2, 0) is 13.1 Å². The molecule has 88 valence electrons. The van der Waals surface area contributed by atoms with Crippen LogP contribution in [0.2, 0.25) is 0 Å². The van der Waals surface area contributed by atoms with Crippen molar-refractivity contribution in [2.24, 2.45) is 0 Å². The zero-order chi connectivity index (χ0) is 12.0. The van der Waals surface area contributed by atoms with Crippen LogP contribution >= 0.6 is 0 Å². The number of likely N-dealkylation sites (N-methyl/N-ethyl adjacent to an activating group) is 1. The maximum absolute atomic E-state index is 4.58. The molecule has 3 heteroatoms. The van der Waals surface area contributed by atoms with Gasteiger partial charge in [-0.15, -0.1) is 0 Å². The second kappa shape index (κ2) is 6.40. The van der Waals surface area contributed by atoms with Crippen LogP contribution in [0.1, 0.15) is 18.3 Å². The van der Waals surface area contributed by atoms with Crippen LogP contribution in [0, 0.1) is 0 Å². The topological polar surface area (TPSA) is 28.2 Å². The average Bonchev–Trinajstić information content (AvgIpc) is 2.17. The molecule has 0 bridgehead atoms. The molecular weight excluding hydrogens is 198 g/mol. The highest BCUT2D eigenvalue weighted by molar-refractivity contribution is 5.11. The summed E-state index contributed by atoms with van der Waals surface area (Å²) in [4.78, 5) is 6.79. The van der Waals surface area contributed by atoms with E-state index in [0.717, 1.165) is 31.0 Å². The van der Waals surface area contributed by atoms with E-state index in [9.17, 15) is 0 Å². The summed E-state index contributed by atoms with van der Waals surface area (Å²) in [5.74, 6) is 0. The van der Waals surface area contributed by atoms with E-state index in [1.54, 1.807) is 0 Å². The molecule has 0 fully saturated rings. The summed E-state index contributed by atoms with van der Waals surface area (Å²) in [6.45, 7) is 8.55. The maximum atomic E-state index is 4.58. The van der Waals surface area contributed by atoms with Crippen LogP contribution in [0.15, 0.2) is 30.4 Å². The number of hydrogen-bond donors (Lipinski definition) is 1. The van der Waals surface area contributed by atoms with E-state index in [1.165, 1.54) is 5.57 Å². The molecule has 0 radical (unpaired) electrons. The molecular formula is C13H21N3. The average molecular weight is 219 g/mol. The third-order valence-electron chi connectivity index (χ3n) is 2.19. The highest BCUT2D eigenvalue weighted by atomic mass is 15.1. The molecule has 0 aliphatic heterocycles. The lowest BCUT2D eigenvalue weighted by Gasteiger charge is -2.16. The lowest BCUT2D eigenvalue weighted by atomic mass is 10.2. The molecule has 0 aliphatic rings. The third kappa shape index (κ3) is 4.55. The Morgan fingerprint density at radius 3 is 2.75 bits per heavy atom. The van der Waals surface area contributed by atoms with Gasteiger partial charge >= 0.3 is 0 Å². The van der Waals surface area contributed by atoms with Gasteiger partial charge in [-0.25, -0.2) is 0 Å². The summed E-state index contributed by atoms with van der Waals surface area (Å²) in [6, 6.07) is 6.16. The van der Waals surface area contributed by atoms with Gasteiger partial charge in [-0.1, -0.05) is 18.2 Å². The van der Waals surface area contributed by atoms with Gasteiger partial charge in [0, 0.05) is 19.6 Å². The predicted octanol–water partition coefficient (Wildman–Crippen LogP) is 1.81. The van der Waals surface area contributed by atoms with Crippen molar-refractivity contribution in [3.8, 4) is 0 Å². The van der Waals surface area contributed by atoms with Gasteiger partial charge in [-0.3, -0.25) is 9.88 Å². The molecule has 16 heavy (non-hydrogen) atoms. The Hall–Kier alpha value is -1.19. The van der Waals surface area contributed by atoms with E-state index in [1.807, 2.05) is 20.0 Å². The van der Waals surface area contributed by atoms with Crippen LogP contribution in [0.5, 0.6) is 0 Å². The molecule has 0 aliphatic carbocycles. The molecule has 3 nitrogen and oxygen atoms in total. The monoisotopic (exact) mass is 219 g/mol. The van der Waals surface area contributed by atoms with Crippen molar-refractivity contribution in [2.45, 2.75) is 20.0 Å². The molecule has 0 amide bonds. The first-order valence-corrected chi connectivity index (χ1v) is 5.54. The summed E-state index contributed by atoms with van der Waals surface area (Å²) in [7, 11) is 4.02.